The third-order valence-electron chi connectivity index (χ3n) is 9.85. The van der Waals surface area contributed by atoms with E-state index in [0.717, 1.165) is 76.3 Å². The lowest BCUT2D eigenvalue weighted by atomic mass is 9.99. The molecule has 0 radical (unpaired) electrons. The SMILES string of the molecule is Sc1ccc(-c2nc(-c3ccccc3)nc(-c3cccc(-c4ccccc4)c3)n2)cc1-c1cccc(-c2nc(-c3ccccc3)nc3c2sc2ccccc23)c1. The molecule has 0 amide bonds. The molecule has 0 atom stereocenters. The van der Waals surface area contributed by atoms with Gasteiger partial charge >= 0.3 is 0 Å². The van der Waals surface area contributed by atoms with Gasteiger partial charge in [-0.05, 0) is 52.6 Å². The largest absolute Gasteiger partial charge is 0.226 e. The average Bonchev–Trinajstić information content (AvgIpc) is 3.66. The molecule has 0 unspecified atom stereocenters. The van der Waals surface area contributed by atoms with Gasteiger partial charge in [0, 0.05) is 42.8 Å². The van der Waals surface area contributed by atoms with E-state index in [-0.39, 0.29) is 0 Å². The minimum Gasteiger partial charge on any atom is -0.226 e. The van der Waals surface area contributed by atoms with Crippen molar-refractivity contribution in [3.63, 3.8) is 0 Å². The van der Waals surface area contributed by atoms with Gasteiger partial charge in [-0.1, -0.05) is 152 Å². The van der Waals surface area contributed by atoms with Gasteiger partial charge in [0.25, 0.3) is 0 Å². The van der Waals surface area contributed by atoms with Crippen LogP contribution in [0, 0.1) is 0 Å². The zero-order chi connectivity index (χ0) is 37.4. The molecule has 0 bridgehead atoms. The lowest BCUT2D eigenvalue weighted by molar-refractivity contribution is 1.07. The average molecular weight is 754 g/mol. The van der Waals surface area contributed by atoms with Crippen LogP contribution in [0.2, 0.25) is 0 Å². The van der Waals surface area contributed by atoms with Gasteiger partial charge in [0.2, 0.25) is 0 Å². The van der Waals surface area contributed by atoms with E-state index in [9.17, 15) is 0 Å². The topological polar surface area (TPSA) is 64.5 Å². The predicted molar refractivity (Wildman–Crippen MR) is 234 cm³/mol. The van der Waals surface area contributed by atoms with Crippen molar-refractivity contribution in [2.45, 2.75) is 4.90 Å². The van der Waals surface area contributed by atoms with Crippen molar-refractivity contribution in [2.24, 2.45) is 0 Å². The fraction of sp³-hybridized carbons (Fsp3) is 0. The molecule has 0 fully saturated rings. The van der Waals surface area contributed by atoms with Crippen molar-refractivity contribution in [3.05, 3.63) is 182 Å². The smallest absolute Gasteiger partial charge is 0.164 e. The first-order valence-electron chi connectivity index (χ1n) is 18.3. The molecule has 10 aromatic rings. The van der Waals surface area contributed by atoms with Gasteiger partial charge in [-0.3, -0.25) is 0 Å². The van der Waals surface area contributed by atoms with E-state index >= 15 is 0 Å². The first-order valence-corrected chi connectivity index (χ1v) is 19.6. The fourth-order valence-corrected chi connectivity index (χ4v) is 8.48. The van der Waals surface area contributed by atoms with Gasteiger partial charge in [0.15, 0.2) is 23.3 Å². The minimum atomic E-state index is 0.583. The van der Waals surface area contributed by atoms with Crippen LogP contribution >= 0.6 is 24.0 Å². The van der Waals surface area contributed by atoms with E-state index < -0.39 is 0 Å². The Balaban J connectivity index is 1.10. The van der Waals surface area contributed by atoms with Crippen LogP contribution in [0.1, 0.15) is 0 Å². The molecule has 264 valence electrons. The number of nitrogens with zero attached hydrogens (tertiary/aromatic N) is 5. The Hall–Kier alpha value is -6.80. The zero-order valence-electron chi connectivity index (χ0n) is 29.9. The van der Waals surface area contributed by atoms with E-state index in [2.05, 4.69) is 115 Å². The summed E-state index contributed by atoms with van der Waals surface area (Å²) in [7, 11) is 0. The zero-order valence-corrected chi connectivity index (χ0v) is 31.6. The highest BCUT2D eigenvalue weighted by Gasteiger charge is 2.19. The van der Waals surface area contributed by atoms with Crippen LogP contribution < -0.4 is 0 Å². The molecule has 0 aliphatic heterocycles. The van der Waals surface area contributed by atoms with Crippen LogP contribution in [-0.2, 0) is 0 Å². The molecule has 0 saturated heterocycles. The van der Waals surface area contributed by atoms with E-state index in [0.29, 0.717) is 23.3 Å². The van der Waals surface area contributed by atoms with Crippen LogP contribution in [0.3, 0.4) is 0 Å². The highest BCUT2D eigenvalue weighted by atomic mass is 32.1. The minimum absolute atomic E-state index is 0.583. The van der Waals surface area contributed by atoms with Gasteiger partial charge in [-0.25, -0.2) is 24.9 Å². The van der Waals surface area contributed by atoms with Crippen molar-refractivity contribution in [2.75, 3.05) is 0 Å². The second-order valence-electron chi connectivity index (χ2n) is 13.5. The predicted octanol–water partition coefficient (Wildman–Crippen LogP) is 13.0. The van der Waals surface area contributed by atoms with Gasteiger partial charge in [0.05, 0.1) is 15.9 Å². The second-order valence-corrected chi connectivity index (χ2v) is 15.0. The van der Waals surface area contributed by atoms with Gasteiger partial charge in [-0.2, -0.15) is 0 Å². The van der Waals surface area contributed by atoms with Crippen LogP contribution in [-0.4, -0.2) is 24.9 Å². The summed E-state index contributed by atoms with van der Waals surface area (Å²) < 4.78 is 2.24. The molecular weight excluding hydrogens is 723 g/mol. The summed E-state index contributed by atoms with van der Waals surface area (Å²) in [4.78, 5) is 26.3. The Morgan fingerprint density at radius 2 is 0.857 bits per heavy atom. The molecule has 0 N–H and O–H groups in total. The van der Waals surface area contributed by atoms with E-state index in [1.54, 1.807) is 11.3 Å². The summed E-state index contributed by atoms with van der Waals surface area (Å²) >= 11 is 6.70. The van der Waals surface area contributed by atoms with Crippen molar-refractivity contribution >= 4 is 44.3 Å². The summed E-state index contributed by atoms with van der Waals surface area (Å²) in [6, 6.07) is 62.1. The van der Waals surface area contributed by atoms with E-state index in [1.807, 2.05) is 66.7 Å². The van der Waals surface area contributed by atoms with Crippen molar-refractivity contribution in [3.8, 4) is 79.1 Å². The third-order valence-corrected chi connectivity index (χ3v) is 11.4. The summed E-state index contributed by atoms with van der Waals surface area (Å²) in [6.45, 7) is 0. The standard InChI is InChI=1S/C49H31N5S2/c55-41-27-26-38(49-53-47(33-18-8-3-9-19-33)52-48(54-49)37-23-12-20-34(28-37)31-14-4-1-5-15-31)30-40(41)35-21-13-22-36(29-35)43-45-44(39-24-10-11-25-42(39)56-45)51-46(50-43)32-16-6-2-7-17-32/h1-30,55H. The van der Waals surface area contributed by atoms with Crippen molar-refractivity contribution < 1.29 is 0 Å². The summed E-state index contributed by atoms with van der Waals surface area (Å²) in [6.07, 6.45) is 0. The lowest BCUT2D eigenvalue weighted by Gasteiger charge is -2.13. The Labute approximate surface area is 333 Å². The molecule has 0 spiro atoms. The maximum Gasteiger partial charge on any atom is 0.164 e. The Morgan fingerprint density at radius 3 is 1.55 bits per heavy atom. The number of hydrogen-bond acceptors (Lipinski definition) is 7. The third kappa shape index (κ3) is 6.43. The summed E-state index contributed by atoms with van der Waals surface area (Å²) in [5.41, 5.74) is 10.8. The van der Waals surface area contributed by atoms with Crippen LogP contribution in [0.15, 0.2) is 187 Å². The van der Waals surface area contributed by atoms with Crippen molar-refractivity contribution in [1.29, 1.82) is 0 Å². The van der Waals surface area contributed by atoms with Crippen LogP contribution in [0.5, 0.6) is 0 Å². The van der Waals surface area contributed by atoms with Gasteiger partial charge < -0.3 is 0 Å². The molecule has 3 heterocycles. The molecule has 0 aliphatic rings. The number of benzene rings is 7. The molecular formula is C49H31N5S2. The fourth-order valence-electron chi connectivity index (χ4n) is 7.06. The molecule has 3 aromatic heterocycles. The van der Waals surface area contributed by atoms with Gasteiger partial charge in [0.1, 0.15) is 0 Å². The van der Waals surface area contributed by atoms with E-state index in [4.69, 9.17) is 37.5 Å². The highest BCUT2D eigenvalue weighted by Crippen LogP contribution is 2.41. The number of thiophene rings is 1. The Bertz CT molecular complexity index is 3040. The monoisotopic (exact) mass is 753 g/mol. The molecule has 56 heavy (non-hydrogen) atoms. The molecule has 5 nitrogen and oxygen atoms in total. The second kappa shape index (κ2) is 14.5. The molecule has 0 aliphatic carbocycles. The molecule has 7 aromatic carbocycles. The van der Waals surface area contributed by atoms with Crippen LogP contribution in [0.4, 0.5) is 0 Å². The molecule has 10 rings (SSSR count). The number of thiol groups is 1. The molecule has 0 saturated carbocycles. The number of fused-ring (bicyclic) bond motifs is 3. The maximum absolute atomic E-state index is 5.21. The molecule has 7 heteroatoms. The summed E-state index contributed by atoms with van der Waals surface area (Å²) in [5, 5.41) is 1.13. The van der Waals surface area contributed by atoms with Crippen LogP contribution in [0.25, 0.3) is 99.4 Å². The maximum atomic E-state index is 5.21. The Kier molecular flexibility index (Phi) is 8.71. The van der Waals surface area contributed by atoms with E-state index in [1.165, 1.54) is 4.70 Å². The number of rotatable bonds is 7. The lowest BCUT2D eigenvalue weighted by Crippen LogP contribution is -2.00. The quantitative estimate of drug-likeness (QED) is 0.164. The summed E-state index contributed by atoms with van der Waals surface area (Å²) in [5.74, 6) is 2.50. The number of aromatic nitrogens is 5. The first kappa shape index (κ1) is 33.7. The highest BCUT2D eigenvalue weighted by molar-refractivity contribution is 7.80. The number of hydrogen-bond donors (Lipinski definition) is 1. The first-order chi connectivity index (χ1) is 27.6. The normalized spacial score (nSPS) is 11.3. The van der Waals surface area contributed by atoms with Crippen molar-refractivity contribution in [1.82, 2.24) is 24.9 Å². The van der Waals surface area contributed by atoms with Gasteiger partial charge in [-0.15, -0.1) is 24.0 Å². The Morgan fingerprint density at radius 1 is 0.357 bits per heavy atom.